The first-order valence-corrected chi connectivity index (χ1v) is 8.98. The first-order valence-electron chi connectivity index (χ1n) is 7.45. The maximum Gasteiger partial charge on any atom is 0.000110 e. The Balaban J connectivity index is 2.18. The molecule has 2 atom stereocenters. The standard InChI is InChI=1S/C19H23I/c1-2-16(17-9-5-3-6-10-17)15-19(13-14-20)18-11-7-4-8-12-18/h2,4-5,7-11,15,18-19H,1,3,6,12-14H2/b16-15+. The molecular weight excluding hydrogens is 355 g/mol. The van der Waals surface area contributed by atoms with Crippen molar-refractivity contribution in [3.05, 3.63) is 72.4 Å². The van der Waals surface area contributed by atoms with Crippen molar-refractivity contribution in [2.75, 3.05) is 4.43 Å². The van der Waals surface area contributed by atoms with Crippen molar-refractivity contribution in [1.29, 1.82) is 0 Å². The van der Waals surface area contributed by atoms with E-state index >= 15 is 0 Å². The fraction of sp³-hybridized carbons (Fsp3) is 0.368. The Morgan fingerprint density at radius 3 is 2.85 bits per heavy atom. The minimum Gasteiger partial charge on any atom is -0.0985 e. The number of hydrogen-bond acceptors (Lipinski definition) is 0. The third-order valence-electron chi connectivity index (χ3n) is 3.95. The molecule has 0 radical (unpaired) electrons. The molecule has 0 nitrogen and oxygen atoms in total. The lowest BCUT2D eigenvalue weighted by atomic mass is 9.83. The maximum atomic E-state index is 4.02. The molecule has 2 aliphatic carbocycles. The third-order valence-corrected chi connectivity index (χ3v) is 4.57. The average Bonchev–Trinajstić information content (AvgIpc) is 2.53. The van der Waals surface area contributed by atoms with Gasteiger partial charge in [-0.05, 0) is 48.7 Å². The van der Waals surface area contributed by atoms with Crippen molar-refractivity contribution in [2.24, 2.45) is 11.8 Å². The van der Waals surface area contributed by atoms with E-state index in [1.54, 1.807) is 0 Å². The molecule has 0 saturated heterocycles. The van der Waals surface area contributed by atoms with Gasteiger partial charge in [0.05, 0.1) is 0 Å². The molecule has 20 heavy (non-hydrogen) atoms. The monoisotopic (exact) mass is 378 g/mol. The van der Waals surface area contributed by atoms with Crippen LogP contribution in [0.15, 0.2) is 72.4 Å². The van der Waals surface area contributed by atoms with E-state index in [0.717, 1.165) is 12.8 Å². The normalized spacial score (nSPS) is 23.6. The molecule has 0 spiro atoms. The zero-order chi connectivity index (χ0) is 14.2. The summed E-state index contributed by atoms with van der Waals surface area (Å²) in [5.74, 6) is 1.25. The fourth-order valence-electron chi connectivity index (χ4n) is 2.80. The summed E-state index contributed by atoms with van der Waals surface area (Å²) in [7, 11) is 0. The smallest absolute Gasteiger partial charge is 0.000110 e. The summed E-state index contributed by atoms with van der Waals surface area (Å²) in [6, 6.07) is 0. The molecule has 0 aliphatic heterocycles. The van der Waals surface area contributed by atoms with E-state index in [-0.39, 0.29) is 0 Å². The van der Waals surface area contributed by atoms with Crippen LogP contribution < -0.4 is 0 Å². The first kappa shape index (κ1) is 15.6. The Morgan fingerprint density at radius 2 is 2.25 bits per heavy atom. The summed E-state index contributed by atoms with van der Waals surface area (Å²) in [5, 5.41) is 0. The van der Waals surface area contributed by atoms with Crippen LogP contribution in [0.25, 0.3) is 0 Å². The largest absolute Gasteiger partial charge is 0.0985 e. The Hall–Kier alpha value is -0.830. The van der Waals surface area contributed by atoms with Crippen LogP contribution in [0.1, 0.15) is 25.7 Å². The van der Waals surface area contributed by atoms with Gasteiger partial charge in [-0.1, -0.05) is 83.9 Å². The summed E-state index contributed by atoms with van der Waals surface area (Å²) >= 11 is 2.49. The van der Waals surface area contributed by atoms with Gasteiger partial charge >= 0.3 is 0 Å². The zero-order valence-corrected chi connectivity index (χ0v) is 14.1. The molecule has 0 saturated carbocycles. The van der Waals surface area contributed by atoms with Crippen molar-refractivity contribution in [3.8, 4) is 0 Å². The molecule has 0 aromatic heterocycles. The first-order chi connectivity index (χ1) is 9.85. The lowest BCUT2D eigenvalue weighted by Crippen LogP contribution is -2.13. The number of hydrogen-bond donors (Lipinski definition) is 0. The molecule has 0 aromatic carbocycles. The number of halogens is 1. The molecule has 2 unspecified atom stereocenters. The summed E-state index contributed by atoms with van der Waals surface area (Å²) in [4.78, 5) is 0. The van der Waals surface area contributed by atoms with E-state index in [2.05, 4.69) is 77.8 Å². The maximum absolute atomic E-state index is 4.02. The second-order valence-electron chi connectivity index (χ2n) is 5.32. The van der Waals surface area contributed by atoms with Gasteiger partial charge in [-0.2, -0.15) is 0 Å². The van der Waals surface area contributed by atoms with Crippen molar-refractivity contribution in [2.45, 2.75) is 25.7 Å². The summed E-state index contributed by atoms with van der Waals surface area (Å²) in [5.41, 5.74) is 2.65. The highest BCUT2D eigenvalue weighted by Gasteiger charge is 2.17. The predicted octanol–water partition coefficient (Wildman–Crippen LogP) is 5.95. The van der Waals surface area contributed by atoms with Gasteiger partial charge in [0.15, 0.2) is 0 Å². The van der Waals surface area contributed by atoms with Crippen LogP contribution >= 0.6 is 22.6 Å². The Bertz CT molecular complexity index is 474. The molecule has 0 aromatic rings. The van der Waals surface area contributed by atoms with Gasteiger partial charge < -0.3 is 0 Å². The minimum absolute atomic E-state index is 0.609. The zero-order valence-electron chi connectivity index (χ0n) is 12.0. The molecular formula is C19H23I. The van der Waals surface area contributed by atoms with Crippen molar-refractivity contribution >= 4 is 22.6 Å². The molecule has 2 rings (SSSR count). The second kappa shape index (κ2) is 8.46. The predicted molar refractivity (Wildman–Crippen MR) is 98.1 cm³/mol. The van der Waals surface area contributed by atoms with Crippen LogP contribution in [0.2, 0.25) is 0 Å². The highest BCUT2D eigenvalue weighted by atomic mass is 127. The van der Waals surface area contributed by atoms with Crippen molar-refractivity contribution in [1.82, 2.24) is 0 Å². The lowest BCUT2D eigenvalue weighted by Gasteiger charge is -2.23. The number of allylic oxidation sites excluding steroid dienone is 11. The molecule has 2 aliphatic rings. The summed E-state index contributed by atoms with van der Waals surface area (Å²) < 4.78 is 1.20. The highest BCUT2D eigenvalue weighted by Crippen LogP contribution is 2.29. The van der Waals surface area contributed by atoms with E-state index in [9.17, 15) is 0 Å². The van der Waals surface area contributed by atoms with Gasteiger partial charge in [0.2, 0.25) is 0 Å². The molecule has 0 bridgehead atoms. The van der Waals surface area contributed by atoms with Crippen LogP contribution in [-0.2, 0) is 0 Å². The molecule has 106 valence electrons. The van der Waals surface area contributed by atoms with Crippen molar-refractivity contribution < 1.29 is 0 Å². The molecule has 1 heteroatoms. The molecule has 0 amide bonds. The number of rotatable bonds is 6. The highest BCUT2D eigenvalue weighted by molar-refractivity contribution is 14.1. The van der Waals surface area contributed by atoms with Crippen molar-refractivity contribution in [3.63, 3.8) is 0 Å². The van der Waals surface area contributed by atoms with E-state index in [1.165, 1.54) is 28.4 Å². The average molecular weight is 378 g/mol. The SMILES string of the molecule is C=C/C(=C\C(CCI)C1C=CC=CC1)C1=CCCC=C1. The van der Waals surface area contributed by atoms with Gasteiger partial charge in [-0.25, -0.2) is 0 Å². The summed E-state index contributed by atoms with van der Waals surface area (Å²) in [6.45, 7) is 4.02. The Kier molecular flexibility index (Phi) is 6.58. The van der Waals surface area contributed by atoms with Gasteiger partial charge in [0.25, 0.3) is 0 Å². The van der Waals surface area contributed by atoms with Crippen LogP contribution in [-0.4, -0.2) is 4.43 Å². The lowest BCUT2D eigenvalue weighted by molar-refractivity contribution is 0.467. The van der Waals surface area contributed by atoms with Gasteiger partial charge in [0, 0.05) is 4.43 Å². The van der Waals surface area contributed by atoms with Crippen LogP contribution in [0, 0.1) is 11.8 Å². The molecule has 0 heterocycles. The topological polar surface area (TPSA) is 0 Å². The summed E-state index contributed by atoms with van der Waals surface area (Å²) in [6.07, 6.45) is 25.0. The van der Waals surface area contributed by atoms with Gasteiger partial charge in [0.1, 0.15) is 0 Å². The number of alkyl halides is 1. The van der Waals surface area contributed by atoms with E-state index in [0.29, 0.717) is 11.8 Å². The molecule has 0 N–H and O–H groups in total. The van der Waals surface area contributed by atoms with Crippen LogP contribution in [0.3, 0.4) is 0 Å². The fourth-order valence-corrected chi connectivity index (χ4v) is 3.52. The van der Waals surface area contributed by atoms with Crippen LogP contribution in [0.5, 0.6) is 0 Å². The Morgan fingerprint density at radius 1 is 1.35 bits per heavy atom. The quantitative estimate of drug-likeness (QED) is 0.304. The van der Waals surface area contributed by atoms with E-state index < -0.39 is 0 Å². The van der Waals surface area contributed by atoms with Crippen LogP contribution in [0.4, 0.5) is 0 Å². The Labute approximate surface area is 136 Å². The minimum atomic E-state index is 0.609. The molecule has 0 fully saturated rings. The second-order valence-corrected chi connectivity index (χ2v) is 6.40. The van der Waals surface area contributed by atoms with E-state index in [4.69, 9.17) is 0 Å². The van der Waals surface area contributed by atoms with E-state index in [1.807, 2.05) is 6.08 Å². The van der Waals surface area contributed by atoms with Gasteiger partial charge in [-0.15, -0.1) is 0 Å². The third kappa shape index (κ3) is 4.34. The van der Waals surface area contributed by atoms with Gasteiger partial charge in [-0.3, -0.25) is 0 Å².